The maximum absolute atomic E-state index is 13.9. The van der Waals surface area contributed by atoms with Gasteiger partial charge in [-0.15, -0.1) is 0 Å². The summed E-state index contributed by atoms with van der Waals surface area (Å²) < 4.78 is 10.9. The normalized spacial score (nSPS) is 18.3. The molecule has 0 fully saturated rings. The topological polar surface area (TPSA) is 109 Å². The summed E-state index contributed by atoms with van der Waals surface area (Å²) in [4.78, 5) is 46.0. The largest absolute Gasteiger partial charge is 0.506 e. The van der Waals surface area contributed by atoms with Gasteiger partial charge >= 0.3 is 11.9 Å². The average Bonchev–Trinajstić information content (AvgIpc) is 3.29. The number of hydrogen-bond acceptors (Lipinski definition) is 7. The van der Waals surface area contributed by atoms with E-state index in [1.54, 1.807) is 18.7 Å². The zero-order valence-electron chi connectivity index (χ0n) is 20.6. The van der Waals surface area contributed by atoms with Crippen LogP contribution in [0.5, 0.6) is 5.75 Å². The number of carbonyl (C=O) groups is 3. The smallest absolute Gasteiger partial charge is 0.343 e. The van der Waals surface area contributed by atoms with E-state index in [0.717, 1.165) is 16.5 Å². The van der Waals surface area contributed by atoms with Crippen molar-refractivity contribution >= 4 is 51.8 Å². The molecule has 0 radical (unpaired) electrons. The van der Waals surface area contributed by atoms with E-state index < -0.39 is 29.0 Å². The highest BCUT2D eigenvalue weighted by atomic mass is 35.5. The average molecular weight is 555 g/mol. The lowest BCUT2D eigenvalue weighted by Crippen LogP contribution is -2.58. The molecule has 1 aromatic heterocycles. The second kappa shape index (κ2) is 9.85. The summed E-state index contributed by atoms with van der Waals surface area (Å²) >= 11 is 12.2. The van der Waals surface area contributed by atoms with Crippen molar-refractivity contribution < 1.29 is 29.0 Å². The van der Waals surface area contributed by atoms with Crippen molar-refractivity contribution in [3.05, 3.63) is 86.7 Å². The molecule has 2 aliphatic rings. The number of aromatic hydroxyl groups is 1. The molecule has 0 aliphatic carbocycles. The Kier molecular flexibility index (Phi) is 6.71. The lowest BCUT2D eigenvalue weighted by atomic mass is 9.75. The molecule has 10 heteroatoms. The van der Waals surface area contributed by atoms with Gasteiger partial charge in [-0.1, -0.05) is 41.4 Å². The van der Waals surface area contributed by atoms with Gasteiger partial charge in [-0.2, -0.15) is 0 Å². The molecule has 2 aromatic carbocycles. The van der Waals surface area contributed by atoms with E-state index in [1.165, 1.54) is 24.4 Å². The van der Waals surface area contributed by atoms with Crippen LogP contribution in [0.3, 0.4) is 0 Å². The number of nitrogens with zero attached hydrogens (tertiary/aromatic N) is 1. The van der Waals surface area contributed by atoms with Crippen LogP contribution in [0, 0.1) is 0 Å². The summed E-state index contributed by atoms with van der Waals surface area (Å²) in [6.45, 7) is 3.75. The van der Waals surface area contributed by atoms with Gasteiger partial charge in [-0.05, 0) is 50.1 Å². The van der Waals surface area contributed by atoms with Crippen LogP contribution in [0.4, 0.5) is 0 Å². The fraction of sp³-hybridized carbons (Fsp3) is 0.250. The van der Waals surface area contributed by atoms with Crippen LogP contribution in [-0.4, -0.2) is 52.5 Å². The Balaban J connectivity index is 1.77. The fourth-order valence-electron chi connectivity index (χ4n) is 5.23. The number of halogens is 2. The van der Waals surface area contributed by atoms with E-state index in [2.05, 4.69) is 4.98 Å². The van der Waals surface area contributed by atoms with Crippen molar-refractivity contribution in [3.63, 3.8) is 0 Å². The zero-order valence-corrected chi connectivity index (χ0v) is 22.2. The lowest BCUT2D eigenvalue weighted by Gasteiger charge is -2.46. The summed E-state index contributed by atoms with van der Waals surface area (Å²) in [5.41, 5.74) is 0.273. The molecule has 3 aromatic rings. The third-order valence-corrected chi connectivity index (χ3v) is 7.30. The van der Waals surface area contributed by atoms with Crippen molar-refractivity contribution in [2.75, 3.05) is 19.8 Å². The SMILES string of the molecule is CCOC(=O)C1=CC(C(=O)c2cc(Cl)cc(Cl)c2O)=CN2CCc3c([nH]c4ccccc34)C12C(=O)OCC. The number of fused-ring (bicyclic) bond motifs is 5. The Morgan fingerprint density at radius 2 is 1.84 bits per heavy atom. The van der Waals surface area contributed by atoms with E-state index in [4.69, 9.17) is 32.7 Å². The van der Waals surface area contributed by atoms with Crippen LogP contribution in [0.2, 0.25) is 10.0 Å². The number of esters is 2. The predicted molar refractivity (Wildman–Crippen MR) is 142 cm³/mol. The van der Waals surface area contributed by atoms with Gasteiger partial charge in [0.1, 0.15) is 5.75 Å². The van der Waals surface area contributed by atoms with Crippen molar-refractivity contribution in [1.29, 1.82) is 0 Å². The number of nitrogens with one attached hydrogen (secondary N) is 1. The molecule has 0 saturated heterocycles. The molecular formula is C28H24Cl2N2O6. The number of ether oxygens (including phenoxy) is 2. The van der Waals surface area contributed by atoms with Crippen molar-refractivity contribution in [1.82, 2.24) is 9.88 Å². The highest BCUT2D eigenvalue weighted by Crippen LogP contribution is 2.48. The molecular weight excluding hydrogens is 531 g/mol. The van der Waals surface area contributed by atoms with Crippen LogP contribution in [-0.2, 0) is 31.0 Å². The summed E-state index contributed by atoms with van der Waals surface area (Å²) in [5, 5.41) is 11.5. The molecule has 0 bridgehead atoms. The van der Waals surface area contributed by atoms with Crippen molar-refractivity contribution in [3.8, 4) is 5.75 Å². The van der Waals surface area contributed by atoms with E-state index in [0.29, 0.717) is 18.7 Å². The number of hydrogen-bond donors (Lipinski definition) is 2. The zero-order chi connectivity index (χ0) is 27.2. The number of aromatic amines is 1. The van der Waals surface area contributed by atoms with Crippen LogP contribution in [0.25, 0.3) is 10.9 Å². The second-order valence-electron chi connectivity index (χ2n) is 8.87. The molecule has 2 aliphatic heterocycles. The van der Waals surface area contributed by atoms with Crippen molar-refractivity contribution in [2.45, 2.75) is 25.8 Å². The van der Waals surface area contributed by atoms with Crippen molar-refractivity contribution in [2.24, 2.45) is 0 Å². The highest BCUT2D eigenvalue weighted by molar-refractivity contribution is 6.36. The number of phenols is 1. The van der Waals surface area contributed by atoms with E-state index in [1.807, 2.05) is 24.3 Å². The molecule has 1 unspecified atom stereocenters. The minimum Gasteiger partial charge on any atom is -0.506 e. The Hall–Kier alpha value is -3.75. The standard InChI is InChI=1S/C28H24Cl2N2O6/c1-3-37-26(35)20-11-15(23(33)19-12-16(29)13-21(30)24(19)34)14-32-10-9-18-17-7-5-6-8-22(17)31-25(18)28(20,32)27(36)38-4-2/h5-8,11-14,31,34H,3-4,9-10H2,1-2H3. The molecule has 5 rings (SSSR count). The van der Waals surface area contributed by atoms with Crippen LogP contribution in [0.1, 0.15) is 35.5 Å². The van der Waals surface area contributed by atoms with Gasteiger partial charge < -0.3 is 24.5 Å². The third-order valence-electron chi connectivity index (χ3n) is 6.79. The number of Topliss-reactive ketones (excluding diaryl/α,β-unsaturated/α-hetero) is 1. The summed E-state index contributed by atoms with van der Waals surface area (Å²) in [7, 11) is 0. The number of ketones is 1. The number of H-pyrrole nitrogens is 1. The quantitative estimate of drug-likeness (QED) is 0.323. The number of para-hydroxylation sites is 1. The Morgan fingerprint density at radius 3 is 2.58 bits per heavy atom. The first kappa shape index (κ1) is 25.9. The van der Waals surface area contributed by atoms with Gasteiger partial charge in [0.2, 0.25) is 5.54 Å². The van der Waals surface area contributed by atoms with Gasteiger partial charge in [0.05, 0.1) is 35.1 Å². The molecule has 0 spiro atoms. The Bertz CT molecular complexity index is 1560. The minimum absolute atomic E-state index is 0.0428. The van der Waals surface area contributed by atoms with Gasteiger partial charge in [0.15, 0.2) is 5.78 Å². The monoisotopic (exact) mass is 554 g/mol. The van der Waals surface area contributed by atoms with Crippen LogP contribution in [0.15, 0.2) is 59.8 Å². The Morgan fingerprint density at radius 1 is 1.11 bits per heavy atom. The maximum Gasteiger partial charge on any atom is 0.343 e. The lowest BCUT2D eigenvalue weighted by molar-refractivity contribution is -0.159. The molecule has 1 atom stereocenters. The molecule has 8 nitrogen and oxygen atoms in total. The molecule has 0 amide bonds. The second-order valence-corrected chi connectivity index (χ2v) is 9.72. The van der Waals surface area contributed by atoms with E-state index in [9.17, 15) is 19.5 Å². The first-order valence-corrected chi connectivity index (χ1v) is 12.9. The van der Waals surface area contributed by atoms with Gasteiger partial charge in [0, 0.05) is 34.2 Å². The molecule has 196 valence electrons. The summed E-state index contributed by atoms with van der Waals surface area (Å²) in [6.07, 6.45) is 3.36. The highest BCUT2D eigenvalue weighted by Gasteiger charge is 2.58. The molecule has 2 N–H and O–H groups in total. The van der Waals surface area contributed by atoms with Crippen LogP contribution >= 0.6 is 23.2 Å². The van der Waals surface area contributed by atoms with E-state index >= 15 is 0 Å². The Labute approximate surface area is 228 Å². The summed E-state index contributed by atoms with van der Waals surface area (Å²) in [5.74, 6) is -2.52. The molecule has 38 heavy (non-hydrogen) atoms. The first-order valence-electron chi connectivity index (χ1n) is 12.1. The third kappa shape index (κ3) is 3.87. The molecule has 3 heterocycles. The van der Waals surface area contributed by atoms with Gasteiger partial charge in [-0.25, -0.2) is 9.59 Å². The first-order chi connectivity index (χ1) is 18.2. The number of carbonyl (C=O) groups excluding carboxylic acids is 3. The number of aromatic nitrogens is 1. The molecule has 0 saturated carbocycles. The van der Waals surface area contributed by atoms with Gasteiger partial charge in [0.25, 0.3) is 0 Å². The van der Waals surface area contributed by atoms with Gasteiger partial charge in [-0.3, -0.25) is 4.79 Å². The number of rotatable bonds is 6. The fourth-order valence-corrected chi connectivity index (χ4v) is 5.72. The number of benzene rings is 2. The maximum atomic E-state index is 13.9. The van der Waals surface area contributed by atoms with Crippen LogP contribution < -0.4 is 0 Å². The minimum atomic E-state index is -1.72. The number of phenolic OH excluding ortho intramolecular Hbond substituents is 1. The summed E-state index contributed by atoms with van der Waals surface area (Å²) in [6, 6.07) is 10.2. The number of allylic oxidation sites excluding steroid dienone is 2. The van der Waals surface area contributed by atoms with E-state index in [-0.39, 0.29) is 40.0 Å². The predicted octanol–water partition coefficient (Wildman–Crippen LogP) is 5.07.